The van der Waals surface area contributed by atoms with Crippen LogP contribution in [0, 0.1) is 0 Å². The second kappa shape index (κ2) is 12.8. The molecule has 2 aromatic rings. The van der Waals surface area contributed by atoms with Crippen molar-refractivity contribution in [2.45, 2.75) is 58.4 Å². The summed E-state index contributed by atoms with van der Waals surface area (Å²) in [6.45, 7) is 5.16. The second-order valence-corrected chi connectivity index (χ2v) is 11.8. The summed E-state index contributed by atoms with van der Waals surface area (Å²) in [5.41, 5.74) is -0.325. The van der Waals surface area contributed by atoms with Crippen LogP contribution in [-0.4, -0.2) is 50.0 Å². The highest BCUT2D eigenvalue weighted by Crippen LogP contribution is 2.32. The summed E-state index contributed by atoms with van der Waals surface area (Å²) in [4.78, 5) is 27.3. The molecule has 0 aliphatic heterocycles. The SMILES string of the molecule is CC(C)NC(=O)[C@@H](C)N(Cc1cccc(Br)c1)C(=O)CCCN(c1cccc(C(F)(F)F)c1)S(C)(=O)=O. The average Bonchev–Trinajstić information content (AvgIpc) is 2.78. The highest BCUT2D eigenvalue weighted by molar-refractivity contribution is 9.10. The monoisotopic (exact) mass is 605 g/mol. The fourth-order valence-electron chi connectivity index (χ4n) is 3.66. The number of hydrogen-bond donors (Lipinski definition) is 1. The Bertz CT molecular complexity index is 1210. The maximum atomic E-state index is 13.2. The number of alkyl halides is 3. The van der Waals surface area contributed by atoms with Crippen molar-refractivity contribution in [3.05, 3.63) is 64.1 Å². The second-order valence-electron chi connectivity index (χ2n) is 8.98. The van der Waals surface area contributed by atoms with Gasteiger partial charge in [-0.25, -0.2) is 8.42 Å². The predicted octanol–water partition coefficient (Wildman–Crippen LogP) is 4.96. The van der Waals surface area contributed by atoms with Gasteiger partial charge in [0.15, 0.2) is 0 Å². The predicted molar refractivity (Wildman–Crippen MR) is 140 cm³/mol. The molecule has 7 nitrogen and oxygen atoms in total. The molecule has 2 rings (SSSR count). The molecule has 0 aromatic heterocycles. The number of halogens is 4. The molecule has 0 heterocycles. The van der Waals surface area contributed by atoms with E-state index in [2.05, 4.69) is 21.2 Å². The molecule has 1 atom stereocenters. The first-order chi connectivity index (χ1) is 17.1. The molecule has 0 bridgehead atoms. The van der Waals surface area contributed by atoms with Crippen LogP contribution in [0.5, 0.6) is 0 Å². The molecule has 12 heteroatoms. The van der Waals surface area contributed by atoms with Gasteiger partial charge in [-0.15, -0.1) is 0 Å². The van der Waals surface area contributed by atoms with Gasteiger partial charge in [0.05, 0.1) is 17.5 Å². The molecule has 204 valence electrons. The van der Waals surface area contributed by atoms with Gasteiger partial charge in [0.25, 0.3) is 0 Å². The van der Waals surface area contributed by atoms with E-state index >= 15 is 0 Å². The molecule has 37 heavy (non-hydrogen) atoms. The molecule has 1 N–H and O–H groups in total. The number of sulfonamides is 1. The van der Waals surface area contributed by atoms with Crippen molar-refractivity contribution in [3.63, 3.8) is 0 Å². The minimum atomic E-state index is -4.63. The summed E-state index contributed by atoms with van der Waals surface area (Å²) in [7, 11) is -3.92. The number of amides is 2. The summed E-state index contributed by atoms with van der Waals surface area (Å²) in [6, 6.07) is 10.4. The van der Waals surface area contributed by atoms with E-state index in [-0.39, 0.29) is 49.5 Å². The largest absolute Gasteiger partial charge is 0.416 e. The Morgan fingerprint density at radius 2 is 1.70 bits per heavy atom. The number of nitrogens with zero attached hydrogens (tertiary/aromatic N) is 2. The van der Waals surface area contributed by atoms with Crippen molar-refractivity contribution < 1.29 is 31.2 Å². The van der Waals surface area contributed by atoms with Crippen LogP contribution in [0.25, 0.3) is 0 Å². The molecular formula is C25H31BrF3N3O4S. The lowest BCUT2D eigenvalue weighted by molar-refractivity contribution is -0.140. The van der Waals surface area contributed by atoms with E-state index in [0.717, 1.165) is 38.8 Å². The van der Waals surface area contributed by atoms with Gasteiger partial charge in [0.2, 0.25) is 21.8 Å². The summed E-state index contributed by atoms with van der Waals surface area (Å²) in [5.74, 6) is -0.719. The zero-order valence-corrected chi connectivity index (χ0v) is 23.5. The third kappa shape index (κ3) is 9.33. The van der Waals surface area contributed by atoms with Gasteiger partial charge in [0, 0.05) is 30.0 Å². The first-order valence-electron chi connectivity index (χ1n) is 11.6. The van der Waals surface area contributed by atoms with Crippen molar-refractivity contribution >= 4 is 43.5 Å². The number of carbonyl (C=O) groups is 2. The lowest BCUT2D eigenvalue weighted by Crippen LogP contribution is -2.49. The van der Waals surface area contributed by atoms with Crippen molar-refractivity contribution in [1.29, 1.82) is 0 Å². The Morgan fingerprint density at radius 3 is 2.27 bits per heavy atom. The highest BCUT2D eigenvalue weighted by Gasteiger charge is 2.32. The fraction of sp³-hybridized carbons (Fsp3) is 0.440. The molecule has 2 amide bonds. The molecule has 0 spiro atoms. The van der Waals surface area contributed by atoms with Gasteiger partial charge in [0.1, 0.15) is 6.04 Å². The number of nitrogens with one attached hydrogen (secondary N) is 1. The third-order valence-corrected chi connectivity index (χ3v) is 7.14. The number of hydrogen-bond acceptors (Lipinski definition) is 4. The van der Waals surface area contributed by atoms with E-state index in [9.17, 15) is 31.2 Å². The van der Waals surface area contributed by atoms with Crippen LogP contribution in [0.1, 0.15) is 44.7 Å². The highest BCUT2D eigenvalue weighted by atomic mass is 79.9. The number of benzene rings is 2. The van der Waals surface area contributed by atoms with E-state index in [4.69, 9.17) is 0 Å². The third-order valence-electron chi connectivity index (χ3n) is 5.45. The standard InChI is InChI=1S/C25H31BrF3N3O4S/c1-17(2)30-24(34)18(3)31(16-19-8-5-10-21(26)14-19)23(33)12-7-13-32(37(4,35)36)22-11-6-9-20(15-22)25(27,28)29/h5-6,8-11,14-15,17-18H,7,12-13,16H2,1-4H3,(H,30,34)/t18-/m1/s1. The van der Waals surface area contributed by atoms with E-state index < -0.39 is 27.8 Å². The zero-order chi connectivity index (χ0) is 28.0. The van der Waals surface area contributed by atoms with Crippen LogP contribution >= 0.6 is 15.9 Å². The van der Waals surface area contributed by atoms with Gasteiger partial charge in [-0.05, 0) is 63.1 Å². The molecule has 0 radical (unpaired) electrons. The van der Waals surface area contributed by atoms with Crippen molar-refractivity contribution in [3.8, 4) is 0 Å². The number of anilines is 1. The van der Waals surface area contributed by atoms with E-state index in [1.807, 2.05) is 18.2 Å². The van der Waals surface area contributed by atoms with Crippen LogP contribution in [0.4, 0.5) is 18.9 Å². The van der Waals surface area contributed by atoms with E-state index in [1.54, 1.807) is 26.8 Å². The lowest BCUT2D eigenvalue weighted by Gasteiger charge is -2.30. The Morgan fingerprint density at radius 1 is 1.05 bits per heavy atom. The Hall–Kier alpha value is -2.60. The number of carbonyl (C=O) groups excluding carboxylic acids is 2. The number of rotatable bonds is 11. The molecule has 0 unspecified atom stereocenters. The summed E-state index contributed by atoms with van der Waals surface area (Å²) >= 11 is 3.39. The minimum absolute atomic E-state index is 0.0374. The van der Waals surface area contributed by atoms with Gasteiger partial charge in [-0.2, -0.15) is 13.2 Å². The summed E-state index contributed by atoms with van der Waals surface area (Å²) in [5, 5.41) is 2.79. The molecule has 0 aliphatic rings. The van der Waals surface area contributed by atoms with Crippen molar-refractivity contribution in [2.75, 3.05) is 17.1 Å². The van der Waals surface area contributed by atoms with Crippen molar-refractivity contribution in [1.82, 2.24) is 10.2 Å². The first-order valence-corrected chi connectivity index (χ1v) is 14.2. The quantitative estimate of drug-likeness (QED) is 0.392. The van der Waals surface area contributed by atoms with Crippen LogP contribution in [0.15, 0.2) is 53.0 Å². The van der Waals surface area contributed by atoms with Gasteiger partial charge in [-0.1, -0.05) is 34.1 Å². The molecule has 0 saturated heterocycles. The Balaban J connectivity index is 2.22. The van der Waals surface area contributed by atoms with Crippen molar-refractivity contribution in [2.24, 2.45) is 0 Å². The van der Waals surface area contributed by atoms with Crippen LogP contribution in [0.3, 0.4) is 0 Å². The Labute approximate surface area is 224 Å². The molecule has 0 saturated carbocycles. The van der Waals surface area contributed by atoms with Crippen LogP contribution in [-0.2, 0) is 32.3 Å². The fourth-order valence-corrected chi connectivity index (χ4v) is 5.06. The van der Waals surface area contributed by atoms with Gasteiger partial charge >= 0.3 is 6.18 Å². The summed E-state index contributed by atoms with van der Waals surface area (Å²) in [6.07, 6.45) is -3.81. The normalized spacial score (nSPS) is 12.8. The van der Waals surface area contributed by atoms with Crippen LogP contribution in [0.2, 0.25) is 0 Å². The maximum absolute atomic E-state index is 13.2. The maximum Gasteiger partial charge on any atom is 0.416 e. The molecule has 0 aliphatic carbocycles. The van der Waals surface area contributed by atoms with Gasteiger partial charge in [-0.3, -0.25) is 13.9 Å². The van der Waals surface area contributed by atoms with Crippen LogP contribution < -0.4 is 9.62 Å². The molecular weight excluding hydrogens is 575 g/mol. The Kier molecular flexibility index (Phi) is 10.6. The first kappa shape index (κ1) is 30.6. The van der Waals surface area contributed by atoms with E-state index in [1.165, 1.54) is 11.0 Å². The van der Waals surface area contributed by atoms with Gasteiger partial charge < -0.3 is 10.2 Å². The zero-order valence-electron chi connectivity index (χ0n) is 21.0. The lowest BCUT2D eigenvalue weighted by atomic mass is 10.1. The minimum Gasteiger partial charge on any atom is -0.352 e. The summed E-state index contributed by atoms with van der Waals surface area (Å²) < 4.78 is 65.8. The topological polar surface area (TPSA) is 86.8 Å². The smallest absolute Gasteiger partial charge is 0.352 e. The molecule has 2 aromatic carbocycles. The average molecular weight is 607 g/mol. The van der Waals surface area contributed by atoms with E-state index in [0.29, 0.717) is 0 Å². The molecule has 0 fully saturated rings.